The number of carbonyl (C=O) groups excluding carboxylic acids is 2. The number of unbranched alkanes of at least 4 members (excludes halogenated alkanes) is 1. The van der Waals surface area contributed by atoms with Gasteiger partial charge < -0.3 is 16.4 Å². The molecule has 104 valence electrons. The van der Waals surface area contributed by atoms with Crippen molar-refractivity contribution >= 4 is 17.5 Å². The van der Waals surface area contributed by atoms with Crippen molar-refractivity contribution in [1.29, 1.82) is 0 Å². The Labute approximate surface area is 113 Å². The first-order chi connectivity index (χ1) is 9.15. The van der Waals surface area contributed by atoms with Crippen LogP contribution in [-0.4, -0.2) is 24.9 Å². The van der Waals surface area contributed by atoms with Gasteiger partial charge in [0.1, 0.15) is 0 Å². The minimum absolute atomic E-state index is 0.0619. The van der Waals surface area contributed by atoms with E-state index in [2.05, 4.69) is 17.6 Å². The van der Waals surface area contributed by atoms with Gasteiger partial charge in [-0.3, -0.25) is 9.59 Å². The zero-order valence-electron chi connectivity index (χ0n) is 11.2. The second-order valence-electron chi connectivity index (χ2n) is 4.33. The summed E-state index contributed by atoms with van der Waals surface area (Å²) in [4.78, 5) is 22.4. The van der Waals surface area contributed by atoms with Gasteiger partial charge in [0.2, 0.25) is 11.8 Å². The lowest BCUT2D eigenvalue weighted by Crippen LogP contribution is -2.36. The Kier molecular flexibility index (Phi) is 6.60. The highest BCUT2D eigenvalue weighted by atomic mass is 16.2. The van der Waals surface area contributed by atoms with E-state index in [9.17, 15) is 9.59 Å². The zero-order valence-corrected chi connectivity index (χ0v) is 11.2. The van der Waals surface area contributed by atoms with Crippen LogP contribution in [-0.2, 0) is 16.0 Å². The van der Waals surface area contributed by atoms with E-state index >= 15 is 0 Å². The second kappa shape index (κ2) is 8.26. The Morgan fingerprint density at radius 1 is 1.16 bits per heavy atom. The Morgan fingerprint density at radius 2 is 1.84 bits per heavy atom. The number of amides is 2. The zero-order chi connectivity index (χ0) is 14.1. The van der Waals surface area contributed by atoms with Crippen LogP contribution in [0, 0.1) is 0 Å². The van der Waals surface area contributed by atoms with E-state index in [1.165, 1.54) is 12.0 Å². The molecule has 0 aromatic heterocycles. The van der Waals surface area contributed by atoms with Gasteiger partial charge in [0, 0.05) is 5.69 Å². The van der Waals surface area contributed by atoms with E-state index in [0.717, 1.165) is 18.5 Å². The van der Waals surface area contributed by atoms with Crippen molar-refractivity contribution in [3.05, 3.63) is 29.8 Å². The summed E-state index contributed by atoms with van der Waals surface area (Å²) in [6, 6.07) is 7.74. The minimum Gasteiger partial charge on any atom is -0.346 e. The smallest absolute Gasteiger partial charge is 0.243 e. The molecule has 0 saturated carbocycles. The van der Waals surface area contributed by atoms with Crippen molar-refractivity contribution in [3.8, 4) is 0 Å². The molecule has 0 heterocycles. The molecule has 5 heteroatoms. The highest BCUT2D eigenvalue weighted by Gasteiger charge is 2.04. The van der Waals surface area contributed by atoms with E-state index in [1.54, 1.807) is 0 Å². The van der Waals surface area contributed by atoms with Crippen LogP contribution in [0.25, 0.3) is 0 Å². The average molecular weight is 263 g/mol. The summed E-state index contributed by atoms with van der Waals surface area (Å²) in [6.45, 7) is 1.98. The summed E-state index contributed by atoms with van der Waals surface area (Å²) >= 11 is 0. The molecule has 4 N–H and O–H groups in total. The molecule has 0 radical (unpaired) electrons. The first-order valence-electron chi connectivity index (χ1n) is 6.51. The fourth-order valence-corrected chi connectivity index (χ4v) is 1.59. The molecular formula is C14H21N3O2. The standard InChI is InChI=1S/C14H21N3O2/c1-2-3-4-11-5-7-12(8-6-11)17-14(19)10-16-13(18)9-15/h5-8H,2-4,9-10,15H2,1H3,(H,16,18)(H,17,19). The van der Waals surface area contributed by atoms with Crippen LogP contribution in [0.15, 0.2) is 24.3 Å². The van der Waals surface area contributed by atoms with Crippen molar-refractivity contribution in [2.45, 2.75) is 26.2 Å². The molecule has 0 fully saturated rings. The van der Waals surface area contributed by atoms with Crippen molar-refractivity contribution in [3.63, 3.8) is 0 Å². The molecule has 0 unspecified atom stereocenters. The predicted octanol–water partition coefficient (Wildman–Crippen LogP) is 1.04. The maximum absolute atomic E-state index is 11.5. The average Bonchev–Trinajstić information content (AvgIpc) is 2.44. The molecular weight excluding hydrogens is 242 g/mol. The second-order valence-corrected chi connectivity index (χ2v) is 4.33. The van der Waals surface area contributed by atoms with Gasteiger partial charge in [0.05, 0.1) is 13.1 Å². The van der Waals surface area contributed by atoms with Crippen LogP contribution in [0.3, 0.4) is 0 Å². The minimum atomic E-state index is -0.343. The maximum Gasteiger partial charge on any atom is 0.243 e. The lowest BCUT2D eigenvalue weighted by molar-refractivity contribution is -0.123. The summed E-state index contributed by atoms with van der Waals surface area (Å²) in [6.07, 6.45) is 3.38. The van der Waals surface area contributed by atoms with Gasteiger partial charge >= 0.3 is 0 Å². The van der Waals surface area contributed by atoms with E-state index in [-0.39, 0.29) is 24.9 Å². The molecule has 0 bridgehead atoms. The van der Waals surface area contributed by atoms with Crippen LogP contribution < -0.4 is 16.4 Å². The van der Waals surface area contributed by atoms with Gasteiger partial charge in [-0.15, -0.1) is 0 Å². The molecule has 2 amide bonds. The number of nitrogens with two attached hydrogens (primary N) is 1. The molecule has 1 aromatic rings. The quantitative estimate of drug-likeness (QED) is 0.687. The molecule has 0 saturated heterocycles. The monoisotopic (exact) mass is 263 g/mol. The number of hydrogen-bond acceptors (Lipinski definition) is 3. The van der Waals surface area contributed by atoms with Crippen molar-refractivity contribution in [2.24, 2.45) is 5.73 Å². The van der Waals surface area contributed by atoms with Gasteiger partial charge in [0.15, 0.2) is 0 Å². The van der Waals surface area contributed by atoms with Gasteiger partial charge in [-0.1, -0.05) is 25.5 Å². The third-order valence-electron chi connectivity index (χ3n) is 2.69. The summed E-state index contributed by atoms with van der Waals surface area (Å²) in [5.74, 6) is -0.604. The number of rotatable bonds is 7. The highest BCUT2D eigenvalue weighted by Crippen LogP contribution is 2.11. The van der Waals surface area contributed by atoms with Crippen molar-refractivity contribution < 1.29 is 9.59 Å². The molecule has 19 heavy (non-hydrogen) atoms. The largest absolute Gasteiger partial charge is 0.346 e. The van der Waals surface area contributed by atoms with Crippen LogP contribution in [0.4, 0.5) is 5.69 Å². The van der Waals surface area contributed by atoms with Gasteiger partial charge in [-0.25, -0.2) is 0 Å². The Balaban J connectivity index is 2.40. The van der Waals surface area contributed by atoms with Gasteiger partial charge in [-0.2, -0.15) is 0 Å². The summed E-state index contributed by atoms with van der Waals surface area (Å²) in [5.41, 5.74) is 7.11. The van der Waals surface area contributed by atoms with Crippen LogP contribution >= 0.6 is 0 Å². The topological polar surface area (TPSA) is 84.2 Å². The molecule has 1 rings (SSSR count). The summed E-state index contributed by atoms with van der Waals surface area (Å²) in [7, 11) is 0. The van der Waals surface area contributed by atoms with Crippen LogP contribution in [0.5, 0.6) is 0 Å². The molecule has 0 aliphatic carbocycles. The molecule has 5 nitrogen and oxygen atoms in total. The van der Waals surface area contributed by atoms with E-state index in [4.69, 9.17) is 5.73 Å². The highest BCUT2D eigenvalue weighted by molar-refractivity contribution is 5.94. The lowest BCUT2D eigenvalue weighted by Gasteiger charge is -2.07. The van der Waals surface area contributed by atoms with E-state index in [0.29, 0.717) is 0 Å². The van der Waals surface area contributed by atoms with Gasteiger partial charge in [0.25, 0.3) is 0 Å². The number of anilines is 1. The number of aryl methyl sites for hydroxylation is 1. The van der Waals surface area contributed by atoms with Crippen LogP contribution in [0.2, 0.25) is 0 Å². The number of benzene rings is 1. The normalized spacial score (nSPS) is 10.0. The third kappa shape index (κ3) is 6.01. The molecule has 1 aromatic carbocycles. The fourth-order valence-electron chi connectivity index (χ4n) is 1.59. The van der Waals surface area contributed by atoms with Crippen molar-refractivity contribution in [1.82, 2.24) is 5.32 Å². The fraction of sp³-hybridized carbons (Fsp3) is 0.429. The number of nitrogens with one attached hydrogen (secondary N) is 2. The predicted molar refractivity (Wildman–Crippen MR) is 75.7 cm³/mol. The summed E-state index contributed by atoms with van der Waals surface area (Å²) in [5, 5.41) is 5.13. The molecule has 0 atom stereocenters. The third-order valence-corrected chi connectivity index (χ3v) is 2.69. The Bertz CT molecular complexity index is 415. The number of carbonyl (C=O) groups is 2. The number of hydrogen-bond donors (Lipinski definition) is 3. The Hall–Kier alpha value is -1.88. The maximum atomic E-state index is 11.5. The SMILES string of the molecule is CCCCc1ccc(NC(=O)CNC(=O)CN)cc1. The van der Waals surface area contributed by atoms with Gasteiger partial charge in [-0.05, 0) is 30.5 Å². The summed E-state index contributed by atoms with van der Waals surface area (Å²) < 4.78 is 0. The molecule has 0 aliphatic rings. The lowest BCUT2D eigenvalue weighted by atomic mass is 10.1. The van der Waals surface area contributed by atoms with Crippen molar-refractivity contribution in [2.75, 3.05) is 18.4 Å². The van der Waals surface area contributed by atoms with Crippen LogP contribution in [0.1, 0.15) is 25.3 Å². The first-order valence-corrected chi connectivity index (χ1v) is 6.51. The first kappa shape index (κ1) is 15.2. The molecule has 0 spiro atoms. The van der Waals surface area contributed by atoms with E-state index < -0.39 is 0 Å². The Morgan fingerprint density at radius 3 is 2.42 bits per heavy atom. The van der Waals surface area contributed by atoms with E-state index in [1.807, 2.05) is 24.3 Å². The molecule has 0 aliphatic heterocycles.